The van der Waals surface area contributed by atoms with Crippen molar-refractivity contribution in [3.05, 3.63) is 51.0 Å². The lowest BCUT2D eigenvalue weighted by molar-refractivity contribution is 0.572. The van der Waals surface area contributed by atoms with Gasteiger partial charge in [0.2, 0.25) is 0 Å². The third kappa shape index (κ3) is 4.47. The topological polar surface area (TPSA) is 45.1 Å². The first-order chi connectivity index (χ1) is 11.5. The largest absolute Gasteiger partial charge is 0.498 e. The Kier molecular flexibility index (Phi) is 6.73. The minimum absolute atomic E-state index is 0. The molecule has 7 heteroatoms. The van der Waals surface area contributed by atoms with Crippen molar-refractivity contribution in [2.45, 2.75) is 26.7 Å². The molecule has 2 heterocycles. The number of aryl methyl sites for hydroxylation is 1. The zero-order valence-corrected chi connectivity index (χ0v) is 18.2. The number of anilines is 2. The van der Waals surface area contributed by atoms with Crippen molar-refractivity contribution in [1.82, 2.24) is 4.98 Å². The molecule has 2 aromatic heterocycles. The molecule has 132 valence electrons. The Morgan fingerprint density at radius 1 is 1.28 bits per heavy atom. The molecule has 0 saturated carbocycles. The monoisotopic (exact) mass is 454 g/mol. The van der Waals surface area contributed by atoms with Gasteiger partial charge in [0.1, 0.15) is 0 Å². The Morgan fingerprint density at radius 2 is 2.00 bits per heavy atom. The van der Waals surface area contributed by atoms with E-state index in [0.717, 1.165) is 27.0 Å². The number of rotatable bonds is 5. The molecule has 3 rings (SSSR count). The van der Waals surface area contributed by atoms with Gasteiger partial charge in [0.05, 0.1) is 10.6 Å². The van der Waals surface area contributed by atoms with Crippen molar-refractivity contribution in [3.8, 4) is 11.3 Å². The molecule has 0 unspecified atom stereocenters. The van der Waals surface area contributed by atoms with Crippen LogP contribution in [0.3, 0.4) is 0 Å². The second kappa shape index (κ2) is 8.40. The summed E-state index contributed by atoms with van der Waals surface area (Å²) in [5, 5.41) is 15.8. The summed E-state index contributed by atoms with van der Waals surface area (Å²) < 4.78 is 0. The van der Waals surface area contributed by atoms with Crippen LogP contribution in [0.15, 0.2) is 35.7 Å². The molecule has 0 saturated heterocycles. The standard InChI is InChI=1S/C18H18N2OS3.BrH/c1-10(2)12-6-4-5-7-14(12)19-18-20-15(9-23-18)13-8-16(17(21)22)24-11(13)3;/h4-10H,1-3H3,(H,19,20)(H,21,22);1H. The van der Waals surface area contributed by atoms with Crippen molar-refractivity contribution in [3.63, 3.8) is 0 Å². The fraction of sp³-hybridized carbons (Fsp3) is 0.222. The number of thiazole rings is 1. The molecule has 0 atom stereocenters. The molecule has 0 radical (unpaired) electrons. The van der Waals surface area contributed by atoms with Gasteiger partial charge in [0.15, 0.2) is 10.2 Å². The first-order valence-electron chi connectivity index (χ1n) is 7.61. The second-order valence-corrected chi connectivity index (χ2v) is 8.29. The Bertz CT molecular complexity index is 886. The SMILES string of the molecule is Br.Cc1sc(C(O)=S)cc1-c1csc(Nc2ccccc2C(C)C)n1. The van der Waals surface area contributed by atoms with E-state index in [1.54, 1.807) is 11.3 Å². The fourth-order valence-electron chi connectivity index (χ4n) is 2.53. The lowest BCUT2D eigenvalue weighted by atomic mass is 10.0. The predicted molar refractivity (Wildman–Crippen MR) is 119 cm³/mol. The van der Waals surface area contributed by atoms with E-state index in [9.17, 15) is 5.11 Å². The van der Waals surface area contributed by atoms with Crippen LogP contribution in [-0.4, -0.2) is 15.1 Å². The predicted octanol–water partition coefficient (Wildman–Crippen LogP) is 6.86. The number of halogens is 1. The summed E-state index contributed by atoms with van der Waals surface area (Å²) in [5.74, 6) is 0.445. The number of hydrogen-bond donors (Lipinski definition) is 2. The lowest BCUT2D eigenvalue weighted by Gasteiger charge is -2.12. The van der Waals surface area contributed by atoms with Gasteiger partial charge in [-0.3, -0.25) is 0 Å². The molecule has 1 aromatic carbocycles. The number of thiophene rings is 1. The highest BCUT2D eigenvalue weighted by Gasteiger charge is 2.14. The number of aliphatic hydroxyl groups excluding tert-OH is 1. The van der Waals surface area contributed by atoms with Gasteiger partial charge in [0.25, 0.3) is 0 Å². The summed E-state index contributed by atoms with van der Waals surface area (Å²) in [4.78, 5) is 6.51. The molecular weight excluding hydrogens is 436 g/mol. The highest BCUT2D eigenvalue weighted by molar-refractivity contribution is 8.93. The number of nitrogens with one attached hydrogen (secondary N) is 1. The summed E-state index contributed by atoms with van der Waals surface area (Å²) in [7, 11) is 0. The van der Waals surface area contributed by atoms with Crippen LogP contribution >= 0.6 is 51.9 Å². The highest BCUT2D eigenvalue weighted by atomic mass is 79.9. The number of nitrogens with zero attached hydrogens (tertiary/aromatic N) is 1. The molecule has 3 nitrogen and oxygen atoms in total. The van der Waals surface area contributed by atoms with Crippen LogP contribution in [0.25, 0.3) is 11.3 Å². The summed E-state index contributed by atoms with van der Waals surface area (Å²) in [6.07, 6.45) is 0. The lowest BCUT2D eigenvalue weighted by Crippen LogP contribution is -1.97. The molecular formula is C18H19BrN2OS3. The van der Waals surface area contributed by atoms with Crippen molar-refractivity contribution in [2.75, 3.05) is 5.32 Å². The third-order valence-electron chi connectivity index (χ3n) is 3.73. The van der Waals surface area contributed by atoms with Gasteiger partial charge in [-0.15, -0.1) is 39.7 Å². The number of hydrogen-bond acceptors (Lipinski definition) is 5. The van der Waals surface area contributed by atoms with E-state index in [0.29, 0.717) is 10.8 Å². The fourth-order valence-corrected chi connectivity index (χ4v) is 4.30. The minimum atomic E-state index is -0.0613. The van der Waals surface area contributed by atoms with Crippen LogP contribution in [0.1, 0.15) is 35.1 Å². The van der Waals surface area contributed by atoms with Gasteiger partial charge >= 0.3 is 0 Å². The molecule has 0 spiro atoms. The molecule has 0 fully saturated rings. The van der Waals surface area contributed by atoms with Gasteiger partial charge in [-0.25, -0.2) is 4.98 Å². The Morgan fingerprint density at radius 3 is 2.64 bits per heavy atom. The van der Waals surface area contributed by atoms with Crippen molar-refractivity contribution in [2.24, 2.45) is 0 Å². The molecule has 0 aliphatic rings. The maximum Gasteiger partial charge on any atom is 0.198 e. The smallest absolute Gasteiger partial charge is 0.198 e. The van der Waals surface area contributed by atoms with E-state index in [2.05, 4.69) is 37.4 Å². The average Bonchev–Trinajstić information content (AvgIpc) is 3.14. The number of aromatic nitrogens is 1. The maximum atomic E-state index is 9.50. The van der Waals surface area contributed by atoms with Crippen LogP contribution in [0.5, 0.6) is 0 Å². The van der Waals surface area contributed by atoms with Crippen LogP contribution < -0.4 is 5.32 Å². The first kappa shape index (κ1) is 20.0. The molecule has 25 heavy (non-hydrogen) atoms. The third-order valence-corrected chi connectivity index (χ3v) is 5.90. The van der Waals surface area contributed by atoms with Crippen molar-refractivity contribution in [1.29, 1.82) is 0 Å². The van der Waals surface area contributed by atoms with E-state index in [1.165, 1.54) is 16.9 Å². The number of para-hydroxylation sites is 1. The van der Waals surface area contributed by atoms with Gasteiger partial charge in [-0.05, 0) is 42.8 Å². The molecule has 0 bridgehead atoms. The van der Waals surface area contributed by atoms with Gasteiger partial charge in [-0.2, -0.15) is 0 Å². The molecule has 0 aliphatic heterocycles. The van der Waals surface area contributed by atoms with E-state index < -0.39 is 0 Å². The zero-order valence-electron chi connectivity index (χ0n) is 14.1. The number of thiocarbonyl (C=S) groups is 1. The highest BCUT2D eigenvalue weighted by Crippen LogP contribution is 2.35. The van der Waals surface area contributed by atoms with E-state index in [1.807, 2.05) is 24.4 Å². The zero-order chi connectivity index (χ0) is 17.3. The first-order valence-corrected chi connectivity index (χ1v) is 9.71. The van der Waals surface area contributed by atoms with Crippen molar-refractivity contribution < 1.29 is 5.11 Å². The molecule has 0 aliphatic carbocycles. The summed E-state index contributed by atoms with van der Waals surface area (Å²) in [6.45, 7) is 6.38. The van der Waals surface area contributed by atoms with Gasteiger partial charge < -0.3 is 10.4 Å². The summed E-state index contributed by atoms with van der Waals surface area (Å²) >= 11 is 7.91. The van der Waals surface area contributed by atoms with Crippen LogP contribution in [0.2, 0.25) is 0 Å². The van der Waals surface area contributed by atoms with Crippen LogP contribution in [0.4, 0.5) is 10.8 Å². The Labute approximate surface area is 171 Å². The molecule has 2 N–H and O–H groups in total. The Hall–Kier alpha value is -1.28. The van der Waals surface area contributed by atoms with E-state index in [4.69, 9.17) is 17.2 Å². The van der Waals surface area contributed by atoms with Crippen LogP contribution in [-0.2, 0) is 0 Å². The molecule has 0 amide bonds. The summed E-state index contributed by atoms with van der Waals surface area (Å²) in [5.41, 5.74) is 4.29. The van der Waals surface area contributed by atoms with Crippen LogP contribution in [0, 0.1) is 6.92 Å². The Balaban J connectivity index is 0.00000225. The average molecular weight is 455 g/mol. The maximum absolute atomic E-state index is 9.50. The van der Waals surface area contributed by atoms with E-state index >= 15 is 0 Å². The van der Waals surface area contributed by atoms with Gasteiger partial charge in [-0.1, -0.05) is 32.0 Å². The molecule has 3 aromatic rings. The normalized spacial score (nSPS) is 10.6. The second-order valence-electron chi connectivity index (χ2n) is 5.79. The minimum Gasteiger partial charge on any atom is -0.498 e. The number of benzene rings is 1. The van der Waals surface area contributed by atoms with Gasteiger partial charge in [0, 0.05) is 21.5 Å². The summed E-state index contributed by atoms with van der Waals surface area (Å²) in [6, 6.07) is 10.2. The number of aliphatic hydroxyl groups is 1. The quantitative estimate of drug-likeness (QED) is 0.413. The van der Waals surface area contributed by atoms with Crippen molar-refractivity contribution >= 4 is 67.7 Å². The van der Waals surface area contributed by atoms with E-state index in [-0.39, 0.29) is 22.0 Å².